The Kier molecular flexibility index (Phi) is 4.41. The molecule has 1 aromatic carbocycles. The maximum absolute atomic E-state index is 10.7. The minimum atomic E-state index is -0.348. The molecule has 2 aliphatic heterocycles. The lowest BCUT2D eigenvalue weighted by atomic mass is 9.80. The Morgan fingerprint density at radius 2 is 2.26 bits per heavy atom. The highest BCUT2D eigenvalue weighted by Crippen LogP contribution is 2.44. The van der Waals surface area contributed by atoms with E-state index in [1.807, 2.05) is 23.9 Å². The number of benzene rings is 1. The summed E-state index contributed by atoms with van der Waals surface area (Å²) in [5, 5.41) is 10.7. The Morgan fingerprint density at radius 3 is 3.00 bits per heavy atom. The quantitative estimate of drug-likeness (QED) is 0.783. The van der Waals surface area contributed by atoms with Crippen LogP contribution in [0.15, 0.2) is 24.3 Å². The third-order valence-electron chi connectivity index (χ3n) is 4.27. The minimum Gasteiger partial charge on any atom is -0.388 e. The second-order valence-corrected chi connectivity index (χ2v) is 7.82. The average Bonchev–Trinajstić information content (AvgIpc) is 2.86. The molecule has 1 spiro atoms. The van der Waals surface area contributed by atoms with Crippen LogP contribution in [-0.4, -0.2) is 28.8 Å². The zero-order valence-corrected chi connectivity index (χ0v) is 13.8. The molecule has 0 aromatic heterocycles. The molecule has 19 heavy (non-hydrogen) atoms. The molecule has 0 saturated carbocycles. The van der Waals surface area contributed by atoms with Crippen LogP contribution < -0.4 is 0 Å². The van der Waals surface area contributed by atoms with Gasteiger partial charge in [0.05, 0.1) is 11.7 Å². The van der Waals surface area contributed by atoms with Crippen molar-refractivity contribution in [2.24, 2.45) is 5.92 Å². The summed E-state index contributed by atoms with van der Waals surface area (Å²) in [6.07, 6.45) is 2.77. The van der Waals surface area contributed by atoms with E-state index in [4.69, 9.17) is 4.74 Å². The summed E-state index contributed by atoms with van der Waals surface area (Å²) in [4.78, 5) is 0. The molecular formula is C15H19IO2S. The second kappa shape index (κ2) is 5.92. The lowest BCUT2D eigenvalue weighted by molar-refractivity contribution is -0.102. The predicted molar refractivity (Wildman–Crippen MR) is 87.5 cm³/mol. The molecular weight excluding hydrogens is 371 g/mol. The molecule has 2 saturated heterocycles. The largest absolute Gasteiger partial charge is 0.388 e. The number of aliphatic hydroxyl groups is 1. The lowest BCUT2D eigenvalue weighted by Crippen LogP contribution is -2.41. The van der Waals surface area contributed by atoms with E-state index >= 15 is 0 Å². The van der Waals surface area contributed by atoms with Gasteiger partial charge >= 0.3 is 0 Å². The first-order valence-electron chi connectivity index (χ1n) is 6.84. The molecule has 104 valence electrons. The topological polar surface area (TPSA) is 29.5 Å². The van der Waals surface area contributed by atoms with Crippen LogP contribution >= 0.6 is 34.4 Å². The lowest BCUT2D eigenvalue weighted by Gasteiger charge is -2.39. The van der Waals surface area contributed by atoms with Crippen LogP contribution in [-0.2, 0) is 4.74 Å². The van der Waals surface area contributed by atoms with Crippen LogP contribution in [0.1, 0.15) is 30.9 Å². The van der Waals surface area contributed by atoms with Crippen LogP contribution in [0.2, 0.25) is 0 Å². The molecule has 1 N–H and O–H groups in total. The Hall–Kier alpha value is 0.220. The van der Waals surface area contributed by atoms with Crippen LogP contribution in [0.25, 0.3) is 0 Å². The maximum Gasteiger partial charge on any atom is 0.0830 e. The number of hydrogen-bond donors (Lipinski definition) is 1. The molecule has 0 amide bonds. The Balaban J connectivity index is 1.76. The van der Waals surface area contributed by atoms with Crippen LogP contribution in [0, 0.1) is 9.49 Å². The monoisotopic (exact) mass is 390 g/mol. The third kappa shape index (κ3) is 2.96. The summed E-state index contributed by atoms with van der Waals surface area (Å²) in [7, 11) is 0. The van der Waals surface area contributed by atoms with Gasteiger partial charge in [-0.15, -0.1) is 0 Å². The smallest absolute Gasteiger partial charge is 0.0830 e. The van der Waals surface area contributed by atoms with Crippen molar-refractivity contribution >= 4 is 34.4 Å². The van der Waals surface area contributed by atoms with Crippen molar-refractivity contribution < 1.29 is 9.84 Å². The van der Waals surface area contributed by atoms with Crippen molar-refractivity contribution in [3.8, 4) is 0 Å². The fourth-order valence-corrected chi connectivity index (χ4v) is 5.25. The zero-order valence-electron chi connectivity index (χ0n) is 10.8. The van der Waals surface area contributed by atoms with E-state index in [0.29, 0.717) is 5.92 Å². The van der Waals surface area contributed by atoms with E-state index in [-0.39, 0.29) is 11.7 Å². The Morgan fingerprint density at radius 1 is 1.42 bits per heavy atom. The van der Waals surface area contributed by atoms with Gasteiger partial charge in [-0.05, 0) is 65.2 Å². The highest BCUT2D eigenvalue weighted by molar-refractivity contribution is 14.1. The summed E-state index contributed by atoms with van der Waals surface area (Å²) in [5.74, 6) is 2.64. The molecule has 2 fully saturated rings. The van der Waals surface area contributed by atoms with Gasteiger partial charge in [-0.1, -0.05) is 18.2 Å². The Bertz CT molecular complexity index is 446. The van der Waals surface area contributed by atoms with Crippen molar-refractivity contribution in [2.45, 2.75) is 31.0 Å². The number of aliphatic hydroxyl groups excluding tert-OH is 1. The van der Waals surface area contributed by atoms with Gasteiger partial charge in [-0.3, -0.25) is 0 Å². The number of rotatable bonds is 2. The van der Waals surface area contributed by atoms with E-state index in [0.717, 1.165) is 40.8 Å². The molecule has 3 unspecified atom stereocenters. The van der Waals surface area contributed by atoms with Gasteiger partial charge in [0.15, 0.2) is 0 Å². The summed E-state index contributed by atoms with van der Waals surface area (Å²) in [6, 6.07) is 8.16. The third-order valence-corrected chi connectivity index (χ3v) is 6.47. The molecule has 0 aliphatic carbocycles. The maximum atomic E-state index is 10.7. The first-order valence-corrected chi connectivity index (χ1v) is 9.08. The fraction of sp³-hybridized carbons (Fsp3) is 0.600. The first-order chi connectivity index (χ1) is 9.20. The van der Waals surface area contributed by atoms with Crippen molar-refractivity contribution in [3.05, 3.63) is 33.4 Å². The van der Waals surface area contributed by atoms with E-state index in [2.05, 4.69) is 34.7 Å². The fourth-order valence-electron chi connectivity index (χ4n) is 3.17. The van der Waals surface area contributed by atoms with Gasteiger partial charge in [0.25, 0.3) is 0 Å². The summed E-state index contributed by atoms with van der Waals surface area (Å²) >= 11 is 4.30. The Labute approximate surface area is 132 Å². The predicted octanol–water partition coefficient (Wildman–Crippen LogP) is 3.63. The molecule has 0 bridgehead atoms. The normalized spacial score (nSPS) is 32.6. The van der Waals surface area contributed by atoms with Gasteiger partial charge in [-0.25, -0.2) is 0 Å². The summed E-state index contributed by atoms with van der Waals surface area (Å²) in [5.41, 5.74) is 1.13. The van der Waals surface area contributed by atoms with Crippen LogP contribution in [0.4, 0.5) is 0 Å². The van der Waals surface area contributed by atoms with Crippen molar-refractivity contribution in [1.82, 2.24) is 0 Å². The van der Waals surface area contributed by atoms with Gasteiger partial charge in [0.2, 0.25) is 0 Å². The van der Waals surface area contributed by atoms with Crippen LogP contribution in [0.5, 0.6) is 0 Å². The zero-order chi connectivity index (χ0) is 13.3. The number of halogens is 1. The van der Waals surface area contributed by atoms with Crippen LogP contribution in [0.3, 0.4) is 0 Å². The molecule has 2 nitrogen and oxygen atoms in total. The van der Waals surface area contributed by atoms with Crippen molar-refractivity contribution in [1.29, 1.82) is 0 Å². The van der Waals surface area contributed by atoms with Gasteiger partial charge in [0.1, 0.15) is 0 Å². The van der Waals surface area contributed by atoms with Crippen molar-refractivity contribution in [3.63, 3.8) is 0 Å². The number of ether oxygens (including phenoxy) is 1. The summed E-state index contributed by atoms with van der Waals surface area (Å²) in [6.45, 7) is 0.797. The van der Waals surface area contributed by atoms with E-state index in [9.17, 15) is 5.11 Å². The van der Waals surface area contributed by atoms with Crippen molar-refractivity contribution in [2.75, 3.05) is 18.1 Å². The van der Waals surface area contributed by atoms with E-state index < -0.39 is 0 Å². The average molecular weight is 390 g/mol. The second-order valence-electron chi connectivity index (χ2n) is 5.55. The molecule has 3 atom stereocenters. The van der Waals surface area contributed by atoms with E-state index in [1.165, 1.54) is 5.75 Å². The molecule has 1 aromatic rings. The highest BCUT2D eigenvalue weighted by atomic mass is 127. The standard InChI is InChI=1S/C15H19IO2S/c16-13-4-2-1-3-12(13)14(17)11-5-7-18-15(9-11)6-8-19-10-15/h1-4,11,14,17H,5-10H2. The highest BCUT2D eigenvalue weighted by Gasteiger charge is 2.42. The van der Waals surface area contributed by atoms with Gasteiger partial charge in [0, 0.05) is 15.9 Å². The molecule has 2 heterocycles. The number of thioether (sulfide) groups is 1. The summed E-state index contributed by atoms with van der Waals surface area (Å²) < 4.78 is 7.20. The minimum absolute atomic E-state index is 0.0504. The molecule has 0 radical (unpaired) electrons. The molecule has 2 aliphatic rings. The first kappa shape index (κ1) is 14.2. The SMILES string of the molecule is OC(c1ccccc1I)C1CCOC2(CCSC2)C1. The molecule has 3 rings (SSSR count). The van der Waals surface area contributed by atoms with E-state index in [1.54, 1.807) is 0 Å². The van der Waals surface area contributed by atoms with Gasteiger partial charge < -0.3 is 9.84 Å². The molecule has 4 heteroatoms. The number of hydrogen-bond acceptors (Lipinski definition) is 3. The van der Waals surface area contributed by atoms with Gasteiger partial charge in [-0.2, -0.15) is 11.8 Å².